The first kappa shape index (κ1) is 22.4. The summed E-state index contributed by atoms with van der Waals surface area (Å²) in [6, 6.07) is 9.40. The standard InChI is InChI=1S/C26H31N5O3/c1-2-17-6-9-20(10-7-17)31-15-18-13-23(29-26(33)21-5-3-4-12-27-21)24(14-22(18)30-31)34-16-19-8-11-25(32)28-19/h3-5,12-15,17,19-20H,2,6-11,16H2,1H3,(H,28,32)(H,29,33)/t17?,19-,20?/m1/s1. The average Bonchev–Trinajstić information content (AvgIpc) is 3.48. The van der Waals surface area contributed by atoms with Crippen LogP contribution in [-0.2, 0) is 4.79 Å². The van der Waals surface area contributed by atoms with E-state index in [1.807, 2.05) is 12.1 Å². The highest BCUT2D eigenvalue weighted by Gasteiger charge is 2.24. The Bertz CT molecular complexity index is 1170. The second-order valence-corrected chi connectivity index (χ2v) is 9.38. The van der Waals surface area contributed by atoms with Crippen LogP contribution in [0.4, 0.5) is 5.69 Å². The predicted molar refractivity (Wildman–Crippen MR) is 130 cm³/mol. The molecule has 8 heteroatoms. The van der Waals surface area contributed by atoms with Crippen LogP contribution in [0.3, 0.4) is 0 Å². The highest BCUT2D eigenvalue weighted by Crippen LogP contribution is 2.36. The minimum absolute atomic E-state index is 0.0335. The van der Waals surface area contributed by atoms with Crippen LogP contribution in [0.5, 0.6) is 5.75 Å². The van der Waals surface area contributed by atoms with Gasteiger partial charge < -0.3 is 15.4 Å². The molecule has 2 amide bonds. The van der Waals surface area contributed by atoms with E-state index in [9.17, 15) is 9.59 Å². The minimum atomic E-state index is -0.302. The fourth-order valence-corrected chi connectivity index (χ4v) is 4.97. The molecular formula is C26H31N5O3. The Kier molecular flexibility index (Phi) is 6.47. The summed E-state index contributed by atoms with van der Waals surface area (Å²) in [5, 5.41) is 11.7. The third kappa shape index (κ3) is 4.90. The quantitative estimate of drug-likeness (QED) is 0.541. The summed E-state index contributed by atoms with van der Waals surface area (Å²) in [4.78, 5) is 28.5. The molecule has 1 atom stereocenters. The number of carbonyl (C=O) groups excluding carboxylic acids is 2. The van der Waals surface area contributed by atoms with E-state index >= 15 is 0 Å². The van der Waals surface area contributed by atoms with Crippen LogP contribution >= 0.6 is 0 Å². The maximum absolute atomic E-state index is 12.8. The zero-order chi connectivity index (χ0) is 23.5. The van der Waals surface area contributed by atoms with Crippen molar-refractivity contribution >= 4 is 28.4 Å². The number of carbonyl (C=O) groups is 2. The summed E-state index contributed by atoms with van der Waals surface area (Å²) in [6.07, 6.45) is 10.9. The van der Waals surface area contributed by atoms with E-state index in [4.69, 9.17) is 9.84 Å². The molecule has 1 saturated heterocycles. The lowest BCUT2D eigenvalue weighted by Crippen LogP contribution is -2.31. The summed E-state index contributed by atoms with van der Waals surface area (Å²) in [5.74, 6) is 1.11. The Morgan fingerprint density at radius 2 is 2.06 bits per heavy atom. The Morgan fingerprint density at radius 1 is 1.21 bits per heavy atom. The molecule has 2 N–H and O–H groups in total. The molecule has 0 bridgehead atoms. The predicted octanol–water partition coefficient (Wildman–Crippen LogP) is 4.48. The maximum Gasteiger partial charge on any atom is 0.274 e. The van der Waals surface area contributed by atoms with Gasteiger partial charge in [0.1, 0.15) is 18.1 Å². The number of fused-ring (bicyclic) bond motifs is 1. The second-order valence-electron chi connectivity index (χ2n) is 9.38. The van der Waals surface area contributed by atoms with Crippen molar-refractivity contribution in [3.63, 3.8) is 0 Å². The number of rotatable bonds is 7. The van der Waals surface area contributed by atoms with E-state index < -0.39 is 0 Å². The van der Waals surface area contributed by atoms with Gasteiger partial charge in [-0.15, -0.1) is 0 Å². The van der Waals surface area contributed by atoms with Crippen molar-refractivity contribution in [2.45, 2.75) is 64.0 Å². The number of anilines is 1. The molecule has 2 aliphatic rings. The van der Waals surface area contributed by atoms with Crippen molar-refractivity contribution in [2.75, 3.05) is 11.9 Å². The number of amides is 2. The Hall–Kier alpha value is -3.42. The molecule has 1 aliphatic carbocycles. The van der Waals surface area contributed by atoms with Gasteiger partial charge in [0.15, 0.2) is 0 Å². The number of hydrogen-bond donors (Lipinski definition) is 2. The van der Waals surface area contributed by atoms with Crippen LogP contribution in [0.15, 0.2) is 42.7 Å². The SMILES string of the molecule is CCC1CCC(n2cc3cc(NC(=O)c4ccccn4)c(OC[C@H]4CCC(=O)N4)cc3n2)CC1. The second kappa shape index (κ2) is 9.83. The lowest BCUT2D eigenvalue weighted by atomic mass is 9.85. The molecule has 5 rings (SSSR count). The van der Waals surface area contributed by atoms with Gasteiger partial charge in [-0.3, -0.25) is 19.3 Å². The van der Waals surface area contributed by atoms with Gasteiger partial charge >= 0.3 is 0 Å². The fourth-order valence-electron chi connectivity index (χ4n) is 4.97. The van der Waals surface area contributed by atoms with Crippen molar-refractivity contribution < 1.29 is 14.3 Å². The van der Waals surface area contributed by atoms with E-state index in [1.165, 1.54) is 19.3 Å². The van der Waals surface area contributed by atoms with Gasteiger partial charge in [-0.25, -0.2) is 0 Å². The van der Waals surface area contributed by atoms with Crippen molar-refractivity contribution in [1.29, 1.82) is 0 Å². The summed E-state index contributed by atoms with van der Waals surface area (Å²) in [6.45, 7) is 2.61. The van der Waals surface area contributed by atoms with Gasteiger partial charge in [0, 0.05) is 30.3 Å². The Morgan fingerprint density at radius 3 is 2.76 bits per heavy atom. The first-order valence-corrected chi connectivity index (χ1v) is 12.3. The first-order valence-electron chi connectivity index (χ1n) is 12.3. The third-order valence-electron chi connectivity index (χ3n) is 7.06. The highest BCUT2D eigenvalue weighted by molar-refractivity contribution is 6.05. The van der Waals surface area contributed by atoms with Crippen LogP contribution in [0.25, 0.3) is 10.9 Å². The molecule has 2 fully saturated rings. The summed E-state index contributed by atoms with van der Waals surface area (Å²) in [5.41, 5.74) is 1.74. The highest BCUT2D eigenvalue weighted by atomic mass is 16.5. The number of benzene rings is 1. The zero-order valence-electron chi connectivity index (χ0n) is 19.5. The van der Waals surface area contributed by atoms with E-state index in [0.29, 0.717) is 36.2 Å². The van der Waals surface area contributed by atoms with Gasteiger partial charge in [0.05, 0.1) is 23.3 Å². The van der Waals surface area contributed by atoms with Crippen molar-refractivity contribution in [3.8, 4) is 5.75 Å². The van der Waals surface area contributed by atoms with Gasteiger partial charge in [0.2, 0.25) is 5.91 Å². The van der Waals surface area contributed by atoms with Crippen LogP contribution in [-0.4, -0.2) is 39.2 Å². The monoisotopic (exact) mass is 461 g/mol. The van der Waals surface area contributed by atoms with E-state index in [2.05, 4.69) is 33.4 Å². The van der Waals surface area contributed by atoms with Crippen LogP contribution < -0.4 is 15.4 Å². The molecule has 1 saturated carbocycles. The minimum Gasteiger partial charge on any atom is -0.489 e. The molecule has 3 heterocycles. The van der Waals surface area contributed by atoms with Gasteiger partial charge in [-0.05, 0) is 56.2 Å². The topological polar surface area (TPSA) is 98.1 Å². The van der Waals surface area contributed by atoms with Crippen LogP contribution in [0, 0.1) is 5.92 Å². The van der Waals surface area contributed by atoms with Crippen LogP contribution in [0.2, 0.25) is 0 Å². The summed E-state index contributed by atoms with van der Waals surface area (Å²) >= 11 is 0. The lowest BCUT2D eigenvalue weighted by Gasteiger charge is -2.27. The first-order chi connectivity index (χ1) is 16.6. The van der Waals surface area contributed by atoms with Crippen LogP contribution in [0.1, 0.15) is 68.4 Å². The number of nitrogens with one attached hydrogen (secondary N) is 2. The van der Waals surface area contributed by atoms with Gasteiger partial charge in [0.25, 0.3) is 5.91 Å². The maximum atomic E-state index is 12.8. The number of aromatic nitrogens is 3. The molecule has 1 aromatic carbocycles. The molecule has 178 valence electrons. The van der Waals surface area contributed by atoms with Gasteiger partial charge in [-0.1, -0.05) is 19.4 Å². The Balaban J connectivity index is 1.40. The summed E-state index contributed by atoms with van der Waals surface area (Å²) in [7, 11) is 0. The molecular weight excluding hydrogens is 430 g/mol. The molecule has 8 nitrogen and oxygen atoms in total. The lowest BCUT2D eigenvalue weighted by molar-refractivity contribution is -0.119. The van der Waals surface area contributed by atoms with Crippen molar-refractivity contribution in [1.82, 2.24) is 20.1 Å². The van der Waals surface area contributed by atoms with E-state index in [-0.39, 0.29) is 17.9 Å². The molecule has 3 aromatic rings. The average molecular weight is 462 g/mol. The molecule has 0 unspecified atom stereocenters. The fraction of sp³-hybridized carbons (Fsp3) is 0.462. The molecule has 34 heavy (non-hydrogen) atoms. The largest absolute Gasteiger partial charge is 0.489 e. The number of ether oxygens (including phenoxy) is 1. The van der Waals surface area contributed by atoms with Crippen molar-refractivity contribution in [2.24, 2.45) is 5.92 Å². The van der Waals surface area contributed by atoms with E-state index in [1.54, 1.807) is 24.4 Å². The molecule has 0 spiro atoms. The summed E-state index contributed by atoms with van der Waals surface area (Å²) < 4.78 is 8.18. The molecule has 0 radical (unpaired) electrons. The zero-order valence-corrected chi connectivity index (χ0v) is 19.5. The number of nitrogens with zero attached hydrogens (tertiary/aromatic N) is 3. The smallest absolute Gasteiger partial charge is 0.274 e. The molecule has 1 aliphatic heterocycles. The Labute approximate surface area is 199 Å². The molecule has 2 aromatic heterocycles. The number of hydrogen-bond acceptors (Lipinski definition) is 5. The normalized spacial score (nSPS) is 22.5. The van der Waals surface area contributed by atoms with E-state index in [0.717, 1.165) is 36.1 Å². The third-order valence-corrected chi connectivity index (χ3v) is 7.06. The van der Waals surface area contributed by atoms with Crippen molar-refractivity contribution in [3.05, 3.63) is 48.4 Å². The number of pyridine rings is 1. The van der Waals surface area contributed by atoms with Gasteiger partial charge in [-0.2, -0.15) is 5.10 Å².